The van der Waals surface area contributed by atoms with Gasteiger partial charge in [-0.05, 0) is 43.0 Å². The highest BCUT2D eigenvalue weighted by atomic mass is 15.5. The number of benzene rings is 2. The first-order chi connectivity index (χ1) is 12.6. The fourth-order valence-corrected chi connectivity index (χ4v) is 3.30. The molecule has 1 aliphatic rings. The topological polar surface area (TPSA) is 18.8 Å². The molecule has 2 aromatic carbocycles. The van der Waals surface area contributed by atoms with Crippen molar-refractivity contribution in [3.8, 4) is 0 Å². The Labute approximate surface area is 157 Å². The second kappa shape index (κ2) is 8.81. The van der Waals surface area contributed by atoms with Crippen molar-refractivity contribution in [2.45, 2.75) is 27.3 Å². The van der Waals surface area contributed by atoms with E-state index in [0.717, 1.165) is 32.7 Å². The molecule has 136 valence electrons. The highest BCUT2D eigenvalue weighted by Crippen LogP contribution is 2.14. The third-order valence-electron chi connectivity index (χ3n) is 4.86. The normalized spacial score (nSPS) is 16.4. The highest BCUT2D eigenvalue weighted by Gasteiger charge is 2.16. The van der Waals surface area contributed by atoms with Crippen LogP contribution in [-0.4, -0.2) is 42.3 Å². The number of rotatable bonds is 5. The number of hydrogen-bond acceptors (Lipinski definition) is 3. The second-order valence-corrected chi connectivity index (χ2v) is 7.20. The Morgan fingerprint density at radius 1 is 1.00 bits per heavy atom. The molecule has 0 radical (unpaired) electrons. The molecule has 0 saturated carbocycles. The van der Waals surface area contributed by atoms with Crippen molar-refractivity contribution < 1.29 is 0 Å². The third-order valence-corrected chi connectivity index (χ3v) is 4.86. The minimum Gasteiger partial charge on any atom is -0.295 e. The molecule has 2 aromatic rings. The minimum absolute atomic E-state index is 0.986. The van der Waals surface area contributed by atoms with Crippen LogP contribution in [0.3, 0.4) is 0 Å². The van der Waals surface area contributed by atoms with E-state index in [9.17, 15) is 0 Å². The Kier molecular flexibility index (Phi) is 6.24. The number of piperazine rings is 1. The lowest BCUT2D eigenvalue weighted by Gasteiger charge is -2.33. The summed E-state index contributed by atoms with van der Waals surface area (Å²) in [5, 5.41) is 6.84. The zero-order valence-corrected chi connectivity index (χ0v) is 16.2. The Bertz CT molecular complexity index is 769. The predicted molar refractivity (Wildman–Crippen MR) is 111 cm³/mol. The van der Waals surface area contributed by atoms with Gasteiger partial charge in [0.15, 0.2) is 0 Å². The van der Waals surface area contributed by atoms with Gasteiger partial charge in [0, 0.05) is 38.9 Å². The average molecular weight is 348 g/mol. The van der Waals surface area contributed by atoms with Gasteiger partial charge >= 0.3 is 0 Å². The molecule has 26 heavy (non-hydrogen) atoms. The van der Waals surface area contributed by atoms with Gasteiger partial charge in [-0.15, -0.1) is 0 Å². The summed E-state index contributed by atoms with van der Waals surface area (Å²) in [5.74, 6) is 0. The molecule has 0 unspecified atom stereocenters. The van der Waals surface area contributed by atoms with Crippen LogP contribution in [0.15, 0.2) is 59.2 Å². The molecular weight excluding hydrogens is 318 g/mol. The van der Waals surface area contributed by atoms with E-state index in [1.54, 1.807) is 0 Å². The quantitative estimate of drug-likeness (QED) is 0.741. The van der Waals surface area contributed by atoms with Crippen molar-refractivity contribution >= 4 is 12.3 Å². The molecule has 0 N–H and O–H groups in total. The summed E-state index contributed by atoms with van der Waals surface area (Å²) in [4.78, 5) is 2.52. The molecule has 0 bridgehead atoms. The zero-order valence-electron chi connectivity index (χ0n) is 16.2. The summed E-state index contributed by atoms with van der Waals surface area (Å²) in [6.07, 6.45) is 4.15. The molecule has 0 atom stereocenters. The molecule has 1 heterocycles. The van der Waals surface area contributed by atoms with Crippen molar-refractivity contribution in [2.75, 3.05) is 26.2 Å². The number of nitrogens with zero attached hydrogens (tertiary/aromatic N) is 3. The molecular formula is C23H29N3. The first-order valence-electron chi connectivity index (χ1n) is 9.41. The largest absolute Gasteiger partial charge is 0.295 e. The lowest BCUT2D eigenvalue weighted by molar-refractivity contribution is 0.131. The smallest absolute Gasteiger partial charge is 0.0499 e. The molecule has 3 rings (SSSR count). The summed E-state index contributed by atoms with van der Waals surface area (Å²) in [5.41, 5.74) is 6.56. The van der Waals surface area contributed by atoms with Crippen LogP contribution >= 0.6 is 0 Å². The molecule has 3 heteroatoms. The van der Waals surface area contributed by atoms with Crippen LogP contribution in [0.4, 0.5) is 0 Å². The average Bonchev–Trinajstić information content (AvgIpc) is 2.64. The van der Waals surface area contributed by atoms with Crippen LogP contribution < -0.4 is 0 Å². The number of hydrogen-bond donors (Lipinski definition) is 0. The molecule has 0 amide bonds. The van der Waals surface area contributed by atoms with Crippen molar-refractivity contribution in [2.24, 2.45) is 5.10 Å². The lowest BCUT2D eigenvalue weighted by Crippen LogP contribution is -2.43. The van der Waals surface area contributed by atoms with Gasteiger partial charge < -0.3 is 0 Å². The maximum atomic E-state index is 4.66. The van der Waals surface area contributed by atoms with Crippen LogP contribution in [-0.2, 0) is 6.54 Å². The van der Waals surface area contributed by atoms with Gasteiger partial charge in [0.25, 0.3) is 0 Å². The molecule has 1 fully saturated rings. The van der Waals surface area contributed by atoms with Crippen molar-refractivity contribution in [3.63, 3.8) is 0 Å². The van der Waals surface area contributed by atoms with E-state index in [1.807, 2.05) is 12.3 Å². The molecule has 0 aliphatic carbocycles. The van der Waals surface area contributed by atoms with Gasteiger partial charge in [0.05, 0.1) is 0 Å². The Morgan fingerprint density at radius 2 is 1.73 bits per heavy atom. The molecule has 1 aliphatic heterocycles. The monoisotopic (exact) mass is 347 g/mol. The van der Waals surface area contributed by atoms with Gasteiger partial charge in [-0.1, -0.05) is 60.2 Å². The van der Waals surface area contributed by atoms with Crippen LogP contribution in [0.5, 0.6) is 0 Å². The highest BCUT2D eigenvalue weighted by molar-refractivity contribution is 5.84. The third kappa shape index (κ3) is 5.30. The number of aryl methyl sites for hydroxylation is 2. The van der Waals surface area contributed by atoms with E-state index in [1.165, 1.54) is 27.8 Å². The van der Waals surface area contributed by atoms with Gasteiger partial charge in [0.2, 0.25) is 0 Å². The maximum absolute atomic E-state index is 4.66. The van der Waals surface area contributed by atoms with Gasteiger partial charge in [-0.2, -0.15) is 5.10 Å². The molecule has 3 nitrogen and oxygen atoms in total. The summed E-state index contributed by atoms with van der Waals surface area (Å²) in [7, 11) is 0. The number of hydrazone groups is 1. The Balaban J connectivity index is 1.50. The first kappa shape index (κ1) is 18.4. The van der Waals surface area contributed by atoms with Gasteiger partial charge in [-0.25, -0.2) is 0 Å². The fraction of sp³-hybridized carbons (Fsp3) is 0.348. The predicted octanol–water partition coefficient (Wildman–Crippen LogP) is 4.51. The first-order valence-corrected chi connectivity index (χ1v) is 9.41. The van der Waals surface area contributed by atoms with Crippen LogP contribution in [0.25, 0.3) is 6.08 Å². The van der Waals surface area contributed by atoms with E-state index < -0.39 is 0 Å². The molecule has 0 spiro atoms. The van der Waals surface area contributed by atoms with Crippen molar-refractivity contribution in [1.29, 1.82) is 0 Å². The SMILES string of the molecule is C/C(C=NN1CCN(Cc2ccc(C)cc2C)CC1)=C\c1ccccc1. The van der Waals surface area contributed by atoms with E-state index >= 15 is 0 Å². The summed E-state index contributed by atoms with van der Waals surface area (Å²) in [6.45, 7) is 11.6. The van der Waals surface area contributed by atoms with Gasteiger partial charge in [0.1, 0.15) is 0 Å². The minimum atomic E-state index is 0.986. The van der Waals surface area contributed by atoms with Crippen LogP contribution in [0.2, 0.25) is 0 Å². The summed E-state index contributed by atoms with van der Waals surface area (Å²) in [6, 6.07) is 17.1. The molecule has 1 saturated heterocycles. The lowest BCUT2D eigenvalue weighted by atomic mass is 10.1. The number of allylic oxidation sites excluding steroid dienone is 1. The van der Waals surface area contributed by atoms with Crippen LogP contribution in [0.1, 0.15) is 29.2 Å². The van der Waals surface area contributed by atoms with E-state index in [0.29, 0.717) is 0 Å². The van der Waals surface area contributed by atoms with E-state index in [-0.39, 0.29) is 0 Å². The Hall–Kier alpha value is -2.39. The fourth-order valence-electron chi connectivity index (χ4n) is 3.30. The van der Waals surface area contributed by atoms with Gasteiger partial charge in [-0.3, -0.25) is 9.91 Å². The van der Waals surface area contributed by atoms with Crippen molar-refractivity contribution in [3.05, 3.63) is 76.4 Å². The maximum Gasteiger partial charge on any atom is 0.0499 e. The van der Waals surface area contributed by atoms with E-state index in [2.05, 4.69) is 84.3 Å². The Morgan fingerprint density at radius 3 is 2.42 bits per heavy atom. The summed E-state index contributed by atoms with van der Waals surface area (Å²) >= 11 is 0. The summed E-state index contributed by atoms with van der Waals surface area (Å²) < 4.78 is 0. The zero-order chi connectivity index (χ0) is 18.4. The van der Waals surface area contributed by atoms with E-state index in [4.69, 9.17) is 0 Å². The standard InChI is InChI=1S/C23H29N3/c1-19-9-10-23(21(3)15-19)18-25-11-13-26(14-12-25)24-17-20(2)16-22-7-5-4-6-8-22/h4-10,15-17H,11-14,18H2,1-3H3/b20-16+,24-17?. The second-order valence-electron chi connectivity index (χ2n) is 7.20. The van der Waals surface area contributed by atoms with Crippen LogP contribution in [0, 0.1) is 13.8 Å². The molecule has 0 aromatic heterocycles. The van der Waals surface area contributed by atoms with Crippen molar-refractivity contribution in [1.82, 2.24) is 9.91 Å².